The Morgan fingerprint density at radius 3 is 2.72 bits per heavy atom. The van der Waals surface area contributed by atoms with Crippen LogP contribution in [0.5, 0.6) is 0 Å². The molecule has 29 heavy (non-hydrogen) atoms. The average molecular weight is 419 g/mol. The lowest BCUT2D eigenvalue weighted by Crippen LogP contribution is -2.50. The Labute approximate surface area is 170 Å². The van der Waals surface area contributed by atoms with Gasteiger partial charge in [0.1, 0.15) is 10.7 Å². The fourth-order valence-electron chi connectivity index (χ4n) is 3.76. The van der Waals surface area contributed by atoms with E-state index < -0.39 is 10.0 Å². The fraction of sp³-hybridized carbons (Fsp3) is 0.550. The molecule has 2 fully saturated rings. The third-order valence-electron chi connectivity index (χ3n) is 5.66. The third-order valence-corrected chi connectivity index (χ3v) is 7.65. The van der Waals surface area contributed by atoms with E-state index in [2.05, 4.69) is 15.5 Å². The zero-order valence-electron chi connectivity index (χ0n) is 16.7. The maximum absolute atomic E-state index is 13.0. The summed E-state index contributed by atoms with van der Waals surface area (Å²) in [6.07, 6.45) is 5.43. The summed E-state index contributed by atoms with van der Waals surface area (Å²) in [5, 5.41) is 6.84. The van der Waals surface area contributed by atoms with Gasteiger partial charge in [0.15, 0.2) is 5.69 Å². The molecule has 1 aliphatic heterocycles. The van der Waals surface area contributed by atoms with Crippen LogP contribution >= 0.6 is 0 Å². The molecule has 0 radical (unpaired) electrons. The van der Waals surface area contributed by atoms with E-state index in [0.717, 1.165) is 30.7 Å². The Morgan fingerprint density at radius 1 is 1.31 bits per heavy atom. The molecule has 0 bridgehead atoms. The molecule has 0 spiro atoms. The molecule has 156 valence electrons. The van der Waals surface area contributed by atoms with Crippen LogP contribution in [-0.4, -0.2) is 47.4 Å². The number of rotatable bonds is 6. The van der Waals surface area contributed by atoms with Crippen LogP contribution in [0.25, 0.3) is 0 Å². The van der Waals surface area contributed by atoms with Crippen molar-refractivity contribution in [2.24, 2.45) is 0 Å². The highest BCUT2D eigenvalue weighted by Gasteiger charge is 2.36. The Kier molecular flexibility index (Phi) is 5.44. The van der Waals surface area contributed by atoms with Crippen LogP contribution in [0.3, 0.4) is 0 Å². The molecule has 9 heteroatoms. The lowest BCUT2D eigenvalue weighted by molar-refractivity contribution is 0.0905. The zero-order chi connectivity index (χ0) is 20.6. The Bertz CT molecular complexity index is 982. The summed E-state index contributed by atoms with van der Waals surface area (Å²) >= 11 is 0. The number of hydrogen-bond donors (Lipinski definition) is 1. The van der Waals surface area contributed by atoms with Gasteiger partial charge in [-0.2, -0.15) is 4.31 Å². The SMILES string of the molecule is CCc1ccc(S(=O)(=O)N2CC[C@@H](NC(=O)c3cc(C4CC4)on3)C[C@@H]2C)cn1. The molecule has 0 aromatic carbocycles. The Balaban J connectivity index is 1.38. The maximum atomic E-state index is 13.0. The number of carbonyl (C=O) groups is 1. The second kappa shape index (κ2) is 7.87. The van der Waals surface area contributed by atoms with Gasteiger partial charge in [-0.25, -0.2) is 8.42 Å². The van der Waals surface area contributed by atoms with Crippen molar-refractivity contribution in [2.45, 2.75) is 68.8 Å². The molecule has 2 aromatic rings. The summed E-state index contributed by atoms with van der Waals surface area (Å²) in [4.78, 5) is 16.9. The largest absolute Gasteiger partial charge is 0.360 e. The number of sulfonamides is 1. The van der Waals surface area contributed by atoms with E-state index in [1.54, 1.807) is 18.2 Å². The molecule has 1 saturated carbocycles. The lowest BCUT2D eigenvalue weighted by atomic mass is 10.0. The average Bonchev–Trinajstić information content (AvgIpc) is 3.44. The highest BCUT2D eigenvalue weighted by Crippen LogP contribution is 2.40. The molecule has 1 amide bonds. The minimum atomic E-state index is -3.61. The second-order valence-electron chi connectivity index (χ2n) is 7.89. The van der Waals surface area contributed by atoms with Crippen molar-refractivity contribution in [3.8, 4) is 0 Å². The van der Waals surface area contributed by atoms with E-state index in [0.29, 0.717) is 25.3 Å². The van der Waals surface area contributed by atoms with E-state index in [4.69, 9.17) is 4.52 Å². The Morgan fingerprint density at radius 2 is 2.10 bits per heavy atom. The number of aryl methyl sites for hydroxylation is 1. The van der Waals surface area contributed by atoms with Crippen molar-refractivity contribution < 1.29 is 17.7 Å². The summed E-state index contributed by atoms with van der Waals surface area (Å²) in [7, 11) is -3.61. The first-order chi connectivity index (χ1) is 13.9. The van der Waals surface area contributed by atoms with Gasteiger partial charge < -0.3 is 9.84 Å². The molecule has 2 aliphatic rings. The third kappa shape index (κ3) is 4.20. The predicted molar refractivity (Wildman–Crippen MR) is 106 cm³/mol. The predicted octanol–water partition coefficient (Wildman–Crippen LogP) is 2.48. The van der Waals surface area contributed by atoms with Gasteiger partial charge in [-0.3, -0.25) is 9.78 Å². The van der Waals surface area contributed by atoms with Crippen LogP contribution < -0.4 is 5.32 Å². The highest BCUT2D eigenvalue weighted by molar-refractivity contribution is 7.89. The molecular weight excluding hydrogens is 392 g/mol. The van der Waals surface area contributed by atoms with Crippen molar-refractivity contribution in [1.29, 1.82) is 0 Å². The van der Waals surface area contributed by atoms with Crippen LogP contribution in [0.1, 0.15) is 67.4 Å². The molecule has 1 aliphatic carbocycles. The summed E-state index contributed by atoms with van der Waals surface area (Å²) in [6.45, 7) is 4.19. The summed E-state index contributed by atoms with van der Waals surface area (Å²) < 4.78 is 32.7. The maximum Gasteiger partial charge on any atom is 0.273 e. The fourth-order valence-corrected chi connectivity index (χ4v) is 5.37. The molecule has 1 N–H and O–H groups in total. The molecule has 0 unspecified atom stereocenters. The van der Waals surface area contributed by atoms with Gasteiger partial charge >= 0.3 is 0 Å². The van der Waals surface area contributed by atoms with Crippen LogP contribution in [0, 0.1) is 0 Å². The summed E-state index contributed by atoms with van der Waals surface area (Å²) in [5.74, 6) is 0.902. The van der Waals surface area contributed by atoms with Crippen molar-refractivity contribution >= 4 is 15.9 Å². The standard InChI is InChI=1S/C20H26N4O4S/c1-3-15-6-7-17(12-21-15)29(26,27)24-9-8-16(10-13(24)2)22-20(25)18-11-19(28-23-18)14-4-5-14/h6-7,11-14,16H,3-5,8-10H2,1-2H3,(H,22,25)/t13-,16+/m0/s1. The Hall–Kier alpha value is -2.26. The first kappa shape index (κ1) is 20.0. The van der Waals surface area contributed by atoms with Crippen LogP contribution in [0.4, 0.5) is 0 Å². The van der Waals surface area contributed by atoms with E-state index in [-0.39, 0.29) is 28.6 Å². The minimum Gasteiger partial charge on any atom is -0.360 e. The van der Waals surface area contributed by atoms with E-state index in [1.807, 2.05) is 13.8 Å². The van der Waals surface area contributed by atoms with Crippen molar-refractivity contribution in [2.75, 3.05) is 6.54 Å². The minimum absolute atomic E-state index is 0.106. The number of amides is 1. The van der Waals surface area contributed by atoms with Gasteiger partial charge in [0, 0.05) is 42.5 Å². The van der Waals surface area contributed by atoms with Crippen LogP contribution in [-0.2, 0) is 16.4 Å². The summed E-state index contributed by atoms with van der Waals surface area (Å²) in [6, 6.07) is 4.74. The van der Waals surface area contributed by atoms with Crippen molar-refractivity contribution in [1.82, 2.24) is 19.8 Å². The van der Waals surface area contributed by atoms with Gasteiger partial charge in [-0.15, -0.1) is 0 Å². The second-order valence-corrected chi connectivity index (χ2v) is 9.78. The van der Waals surface area contributed by atoms with Gasteiger partial charge in [0.2, 0.25) is 10.0 Å². The number of nitrogens with zero attached hydrogens (tertiary/aromatic N) is 3. The van der Waals surface area contributed by atoms with E-state index in [9.17, 15) is 13.2 Å². The lowest BCUT2D eigenvalue weighted by Gasteiger charge is -2.36. The first-order valence-corrected chi connectivity index (χ1v) is 11.6. The zero-order valence-corrected chi connectivity index (χ0v) is 17.5. The molecule has 3 heterocycles. The van der Waals surface area contributed by atoms with Crippen molar-refractivity contribution in [3.05, 3.63) is 41.5 Å². The molecule has 1 saturated heterocycles. The number of hydrogen-bond acceptors (Lipinski definition) is 6. The van der Waals surface area contributed by atoms with Gasteiger partial charge in [0.05, 0.1) is 0 Å². The molecule has 2 atom stereocenters. The molecule has 4 rings (SSSR count). The summed E-state index contributed by atoms with van der Waals surface area (Å²) in [5.41, 5.74) is 1.15. The molecule has 8 nitrogen and oxygen atoms in total. The number of pyridine rings is 1. The van der Waals surface area contributed by atoms with E-state index >= 15 is 0 Å². The number of nitrogens with one attached hydrogen (secondary N) is 1. The van der Waals surface area contributed by atoms with Crippen molar-refractivity contribution in [3.63, 3.8) is 0 Å². The topological polar surface area (TPSA) is 105 Å². The highest BCUT2D eigenvalue weighted by atomic mass is 32.2. The van der Waals surface area contributed by atoms with Crippen LogP contribution in [0.2, 0.25) is 0 Å². The molecular formula is C20H26N4O4S. The number of carbonyl (C=O) groups excluding carboxylic acids is 1. The smallest absolute Gasteiger partial charge is 0.273 e. The van der Waals surface area contributed by atoms with Crippen LogP contribution in [0.15, 0.2) is 33.8 Å². The van der Waals surface area contributed by atoms with Gasteiger partial charge in [-0.05, 0) is 51.2 Å². The normalized spacial score (nSPS) is 23.1. The van der Waals surface area contributed by atoms with Gasteiger partial charge in [0.25, 0.3) is 5.91 Å². The van der Waals surface area contributed by atoms with Gasteiger partial charge in [-0.1, -0.05) is 12.1 Å². The van der Waals surface area contributed by atoms with E-state index in [1.165, 1.54) is 10.5 Å². The number of piperidine rings is 1. The molecule has 2 aromatic heterocycles. The monoisotopic (exact) mass is 418 g/mol. The first-order valence-electron chi connectivity index (χ1n) is 10.1. The quantitative estimate of drug-likeness (QED) is 0.773. The number of aromatic nitrogens is 2.